The number of methoxy groups -OCH3 is 1. The van der Waals surface area contributed by atoms with E-state index in [1.165, 1.54) is 13.2 Å². The fraction of sp³-hybridized carbons (Fsp3) is 0.154. The van der Waals surface area contributed by atoms with E-state index < -0.39 is 12.9 Å². The van der Waals surface area contributed by atoms with Crippen molar-refractivity contribution in [1.29, 1.82) is 0 Å². The van der Waals surface area contributed by atoms with E-state index >= 15 is 0 Å². The van der Waals surface area contributed by atoms with Crippen LogP contribution < -0.4 is 14.9 Å². The van der Waals surface area contributed by atoms with Gasteiger partial charge in [0.2, 0.25) is 5.88 Å². The molecule has 20 heavy (non-hydrogen) atoms. The molecule has 0 amide bonds. The quantitative estimate of drug-likeness (QED) is 0.778. The largest absolute Gasteiger partial charge is 0.492 e. The van der Waals surface area contributed by atoms with Crippen LogP contribution in [0.4, 0.5) is 4.39 Å². The smallest absolute Gasteiger partial charge is 0.488 e. The Hall–Kier alpha value is -2.12. The first-order valence-corrected chi connectivity index (χ1v) is 5.88. The van der Waals surface area contributed by atoms with Gasteiger partial charge in [-0.1, -0.05) is 12.1 Å². The molecule has 0 fully saturated rings. The van der Waals surface area contributed by atoms with Gasteiger partial charge >= 0.3 is 7.12 Å². The van der Waals surface area contributed by atoms with Crippen molar-refractivity contribution >= 4 is 12.6 Å². The van der Waals surface area contributed by atoms with Crippen LogP contribution in [0.2, 0.25) is 0 Å². The molecule has 0 aliphatic rings. The third kappa shape index (κ3) is 3.46. The number of hydrogen-bond donors (Lipinski definition) is 2. The molecule has 2 N–H and O–H groups in total. The lowest BCUT2D eigenvalue weighted by Gasteiger charge is -2.11. The van der Waals surface area contributed by atoms with Crippen LogP contribution in [0.15, 0.2) is 36.4 Å². The van der Waals surface area contributed by atoms with E-state index in [-0.39, 0.29) is 17.8 Å². The first kappa shape index (κ1) is 14.3. The highest BCUT2D eigenvalue weighted by molar-refractivity contribution is 6.59. The standard InChI is InChI=1S/C13H13BFNO4/c1-19-13-4-2-3-10(16-13)8-20-12-7-9(15)5-6-11(12)14(17)18/h2-7,17-18H,8H2,1H3. The summed E-state index contributed by atoms with van der Waals surface area (Å²) in [5.41, 5.74) is 0.668. The third-order valence-corrected chi connectivity index (χ3v) is 2.62. The summed E-state index contributed by atoms with van der Waals surface area (Å²) in [6.45, 7) is 0.0559. The number of hydrogen-bond acceptors (Lipinski definition) is 5. The van der Waals surface area contributed by atoms with Gasteiger partial charge in [-0.15, -0.1) is 0 Å². The highest BCUT2D eigenvalue weighted by atomic mass is 19.1. The maximum absolute atomic E-state index is 13.2. The molecule has 0 atom stereocenters. The maximum Gasteiger partial charge on any atom is 0.492 e. The van der Waals surface area contributed by atoms with Crippen molar-refractivity contribution in [1.82, 2.24) is 4.98 Å². The fourth-order valence-corrected chi connectivity index (χ4v) is 1.65. The second kappa shape index (κ2) is 6.36. The highest BCUT2D eigenvalue weighted by Crippen LogP contribution is 2.14. The molecule has 2 aromatic rings. The van der Waals surface area contributed by atoms with Gasteiger partial charge in [-0.2, -0.15) is 0 Å². The van der Waals surface area contributed by atoms with Crippen LogP contribution in [0.3, 0.4) is 0 Å². The molecule has 0 bridgehead atoms. The van der Waals surface area contributed by atoms with E-state index in [0.717, 1.165) is 12.1 Å². The van der Waals surface area contributed by atoms with Crippen LogP contribution in [0.25, 0.3) is 0 Å². The summed E-state index contributed by atoms with van der Waals surface area (Å²) >= 11 is 0. The number of nitrogens with zero attached hydrogens (tertiary/aromatic N) is 1. The zero-order valence-electron chi connectivity index (χ0n) is 10.8. The monoisotopic (exact) mass is 277 g/mol. The Morgan fingerprint density at radius 1 is 1.25 bits per heavy atom. The predicted octanol–water partition coefficient (Wildman–Crippen LogP) is 0.488. The maximum atomic E-state index is 13.2. The first-order valence-electron chi connectivity index (χ1n) is 5.88. The number of rotatable bonds is 5. The molecule has 1 aromatic carbocycles. The van der Waals surface area contributed by atoms with E-state index in [1.807, 2.05) is 0 Å². The minimum Gasteiger partial charge on any atom is -0.488 e. The lowest BCUT2D eigenvalue weighted by molar-refractivity contribution is 0.297. The zero-order valence-corrected chi connectivity index (χ0v) is 10.8. The summed E-state index contributed by atoms with van der Waals surface area (Å²) in [5, 5.41) is 18.4. The lowest BCUT2D eigenvalue weighted by Crippen LogP contribution is -2.31. The lowest BCUT2D eigenvalue weighted by atomic mass is 9.79. The van der Waals surface area contributed by atoms with E-state index in [4.69, 9.17) is 9.47 Å². The van der Waals surface area contributed by atoms with Crippen LogP contribution in [-0.4, -0.2) is 29.3 Å². The van der Waals surface area contributed by atoms with Gasteiger partial charge in [-0.3, -0.25) is 0 Å². The molecule has 2 rings (SSSR count). The summed E-state index contributed by atoms with van der Waals surface area (Å²) in [7, 11) is -0.233. The van der Waals surface area contributed by atoms with Crippen LogP contribution >= 0.6 is 0 Å². The zero-order chi connectivity index (χ0) is 14.5. The Balaban J connectivity index is 2.15. The molecule has 0 unspecified atom stereocenters. The number of pyridine rings is 1. The molecule has 7 heteroatoms. The van der Waals surface area contributed by atoms with Crippen molar-refractivity contribution in [3.8, 4) is 11.6 Å². The second-order valence-corrected chi connectivity index (χ2v) is 4.02. The molecule has 0 aliphatic heterocycles. The number of halogens is 1. The van der Waals surface area contributed by atoms with Crippen molar-refractivity contribution < 1.29 is 23.9 Å². The summed E-state index contributed by atoms with van der Waals surface area (Å²) in [4.78, 5) is 4.14. The molecule has 0 saturated carbocycles. The van der Waals surface area contributed by atoms with Crippen molar-refractivity contribution in [3.63, 3.8) is 0 Å². The van der Waals surface area contributed by atoms with E-state index in [1.54, 1.807) is 18.2 Å². The van der Waals surface area contributed by atoms with E-state index in [9.17, 15) is 14.4 Å². The summed E-state index contributed by atoms with van der Waals surface area (Å²) in [5.74, 6) is -0.0274. The molecule has 1 heterocycles. The van der Waals surface area contributed by atoms with Gasteiger partial charge in [0.15, 0.2) is 0 Å². The molecule has 5 nitrogen and oxygen atoms in total. The van der Waals surface area contributed by atoms with Gasteiger partial charge in [0.1, 0.15) is 18.2 Å². The molecule has 0 spiro atoms. The molecular weight excluding hydrogens is 264 g/mol. The predicted molar refractivity (Wildman–Crippen MR) is 71.3 cm³/mol. The summed E-state index contributed by atoms with van der Waals surface area (Å²) in [6, 6.07) is 8.64. The van der Waals surface area contributed by atoms with Crippen LogP contribution in [0.1, 0.15) is 5.69 Å². The highest BCUT2D eigenvalue weighted by Gasteiger charge is 2.18. The van der Waals surface area contributed by atoms with Gasteiger partial charge in [0.05, 0.1) is 12.8 Å². The van der Waals surface area contributed by atoms with Crippen molar-refractivity contribution in [3.05, 3.63) is 47.9 Å². The Morgan fingerprint density at radius 3 is 2.75 bits per heavy atom. The molecular formula is C13H13BFNO4. The Bertz CT molecular complexity index is 594. The summed E-state index contributed by atoms with van der Waals surface area (Å²) < 4.78 is 23.5. The van der Waals surface area contributed by atoms with Gasteiger partial charge in [0.25, 0.3) is 0 Å². The SMILES string of the molecule is COc1cccc(COc2cc(F)ccc2B(O)O)n1. The molecule has 1 aromatic heterocycles. The first-order chi connectivity index (χ1) is 9.60. The minimum atomic E-state index is -1.73. The molecule has 0 saturated heterocycles. The normalized spacial score (nSPS) is 10.2. The Kier molecular flexibility index (Phi) is 4.55. The fourth-order valence-electron chi connectivity index (χ4n) is 1.65. The van der Waals surface area contributed by atoms with Crippen LogP contribution in [0, 0.1) is 5.82 Å². The number of aromatic nitrogens is 1. The van der Waals surface area contributed by atoms with Gasteiger partial charge in [0, 0.05) is 17.6 Å². The Morgan fingerprint density at radius 2 is 2.05 bits per heavy atom. The van der Waals surface area contributed by atoms with Gasteiger partial charge < -0.3 is 19.5 Å². The molecule has 104 valence electrons. The third-order valence-electron chi connectivity index (χ3n) is 2.62. The van der Waals surface area contributed by atoms with Crippen LogP contribution in [0.5, 0.6) is 11.6 Å². The second-order valence-electron chi connectivity index (χ2n) is 4.02. The van der Waals surface area contributed by atoms with Crippen molar-refractivity contribution in [2.24, 2.45) is 0 Å². The van der Waals surface area contributed by atoms with Crippen molar-refractivity contribution in [2.45, 2.75) is 6.61 Å². The minimum absolute atomic E-state index is 0.0559. The van der Waals surface area contributed by atoms with Gasteiger partial charge in [-0.25, -0.2) is 9.37 Å². The average Bonchev–Trinajstić information content (AvgIpc) is 2.45. The van der Waals surface area contributed by atoms with Crippen molar-refractivity contribution in [2.75, 3.05) is 7.11 Å². The number of benzene rings is 1. The average molecular weight is 277 g/mol. The Labute approximate surface area is 115 Å². The van der Waals surface area contributed by atoms with E-state index in [0.29, 0.717) is 11.6 Å². The number of ether oxygens (including phenoxy) is 2. The topological polar surface area (TPSA) is 71.8 Å². The molecule has 0 radical (unpaired) electrons. The summed E-state index contributed by atoms with van der Waals surface area (Å²) in [6.07, 6.45) is 0. The van der Waals surface area contributed by atoms with Crippen LogP contribution in [-0.2, 0) is 6.61 Å². The van der Waals surface area contributed by atoms with E-state index in [2.05, 4.69) is 4.98 Å². The molecule has 0 aliphatic carbocycles. The van der Waals surface area contributed by atoms with Gasteiger partial charge in [-0.05, 0) is 12.1 Å².